The Balaban J connectivity index is 0.000000316. The van der Waals surface area contributed by atoms with E-state index in [4.69, 9.17) is 0 Å². The molecule has 0 heterocycles. The largest absolute Gasteiger partial charge is 2.00 e. The van der Waals surface area contributed by atoms with Crippen molar-refractivity contribution in [3.63, 3.8) is 0 Å². The van der Waals surface area contributed by atoms with Crippen molar-refractivity contribution in [2.75, 3.05) is 0 Å². The number of hydrogen-bond donors (Lipinski definition) is 0. The van der Waals surface area contributed by atoms with E-state index in [2.05, 4.69) is 13.0 Å². The maximum absolute atomic E-state index is 10.8. The molecule has 0 unspecified atom stereocenters. The van der Waals surface area contributed by atoms with E-state index in [-0.39, 0.29) is 55.0 Å². The number of carbonyl (C=O) groups excluding carboxylic acids is 2. The van der Waals surface area contributed by atoms with Crippen molar-refractivity contribution in [2.24, 2.45) is 5.92 Å². The number of hydrogen-bond acceptors (Lipinski definition) is 2. The van der Waals surface area contributed by atoms with Crippen LogP contribution < -0.4 is 0 Å². The summed E-state index contributed by atoms with van der Waals surface area (Å²) in [6, 6.07) is 12.5. The number of rotatable bonds is 1. The normalized spacial score (nSPS) is 15.6. The van der Waals surface area contributed by atoms with Crippen LogP contribution in [0.2, 0.25) is 0 Å². The zero-order valence-electron chi connectivity index (χ0n) is 9.82. The van der Waals surface area contributed by atoms with E-state index in [1.165, 1.54) is 0 Å². The fourth-order valence-electron chi connectivity index (χ4n) is 1.63. The average molecular weight is 454 g/mol. The smallest absolute Gasteiger partial charge is 0.343 e. The zero-order valence-corrected chi connectivity index (χ0v) is 14.0. The van der Waals surface area contributed by atoms with E-state index in [0.717, 1.165) is 0 Å². The molecular formula is C14H16O2U. The van der Waals surface area contributed by atoms with Crippen molar-refractivity contribution in [3.05, 3.63) is 43.3 Å². The summed E-state index contributed by atoms with van der Waals surface area (Å²) < 4.78 is 0. The first kappa shape index (κ1) is 16.6. The van der Waals surface area contributed by atoms with Crippen LogP contribution in [0, 0.1) is 50.0 Å². The van der Waals surface area contributed by atoms with E-state index in [9.17, 15) is 9.59 Å². The summed E-state index contributed by atoms with van der Waals surface area (Å²) in [4.78, 5) is 21.6. The second-order valence-electron chi connectivity index (χ2n) is 3.89. The molecule has 0 aliphatic heterocycles. The molecule has 0 bridgehead atoms. The Morgan fingerprint density at radius 1 is 1.12 bits per heavy atom. The number of Topliss-reactive ketones (excluding diaryl/α,β-unsaturated/α-hetero) is 2. The van der Waals surface area contributed by atoms with Crippen molar-refractivity contribution in [3.8, 4) is 0 Å². The standard InChI is InChI=1S/C8H11O2.C6H5.U/c1-2-6-3-7(9)5-8(10)4-6;1-2-4-6-5-3-1;/h6H,1-5H2;1-5H;/q2*-1;+2. The van der Waals surface area contributed by atoms with Crippen LogP contribution in [0.25, 0.3) is 0 Å². The summed E-state index contributed by atoms with van der Waals surface area (Å²) in [6.45, 7) is 3.67. The van der Waals surface area contributed by atoms with Crippen LogP contribution in [0.15, 0.2) is 30.3 Å². The quantitative estimate of drug-likeness (QED) is 0.483. The van der Waals surface area contributed by atoms with Gasteiger partial charge in [-0.05, 0) is 0 Å². The Hall–Kier alpha value is -0.388. The molecular weight excluding hydrogens is 438 g/mol. The van der Waals surface area contributed by atoms with Crippen LogP contribution in [0.1, 0.15) is 25.7 Å². The molecule has 1 aromatic rings. The molecule has 1 fully saturated rings. The second-order valence-corrected chi connectivity index (χ2v) is 3.89. The Labute approximate surface area is 127 Å². The van der Waals surface area contributed by atoms with Crippen LogP contribution >= 0.6 is 0 Å². The topological polar surface area (TPSA) is 34.1 Å². The number of ketones is 2. The molecule has 88 valence electrons. The van der Waals surface area contributed by atoms with Gasteiger partial charge in [-0.2, -0.15) is 42.8 Å². The third-order valence-electron chi connectivity index (χ3n) is 2.44. The molecule has 0 N–H and O–H groups in total. The summed E-state index contributed by atoms with van der Waals surface area (Å²) >= 11 is 0. The molecule has 0 radical (unpaired) electrons. The van der Waals surface area contributed by atoms with Crippen molar-refractivity contribution < 1.29 is 40.7 Å². The maximum atomic E-state index is 10.8. The molecule has 0 atom stereocenters. The average Bonchev–Trinajstić information content (AvgIpc) is 2.31. The van der Waals surface area contributed by atoms with Gasteiger partial charge < -0.3 is 6.92 Å². The molecule has 1 saturated carbocycles. The maximum Gasteiger partial charge on any atom is 2.00 e. The fourth-order valence-corrected chi connectivity index (χ4v) is 1.63. The van der Waals surface area contributed by atoms with E-state index >= 15 is 0 Å². The van der Waals surface area contributed by atoms with Crippen molar-refractivity contribution in [1.29, 1.82) is 0 Å². The predicted octanol–water partition coefficient (Wildman–Crippen LogP) is 2.64. The molecule has 1 aliphatic carbocycles. The molecule has 2 rings (SSSR count). The van der Waals surface area contributed by atoms with Crippen LogP contribution in [-0.2, 0) is 9.59 Å². The summed E-state index contributed by atoms with van der Waals surface area (Å²) in [6.07, 6.45) is 2.00. The minimum Gasteiger partial charge on any atom is -0.343 e. The van der Waals surface area contributed by atoms with Gasteiger partial charge in [-0.3, -0.25) is 9.59 Å². The molecule has 0 amide bonds. The van der Waals surface area contributed by atoms with E-state index in [1.54, 1.807) is 0 Å². The Bertz CT molecular complexity index is 293. The van der Waals surface area contributed by atoms with E-state index in [0.29, 0.717) is 19.3 Å². The zero-order chi connectivity index (χ0) is 11.8. The van der Waals surface area contributed by atoms with Gasteiger partial charge in [0.15, 0.2) is 0 Å². The van der Waals surface area contributed by atoms with Crippen LogP contribution in [0.4, 0.5) is 0 Å². The summed E-state index contributed by atoms with van der Waals surface area (Å²) in [5.41, 5.74) is 0. The molecule has 0 aromatic heterocycles. The molecule has 2 nitrogen and oxygen atoms in total. The molecule has 3 heteroatoms. The Kier molecular flexibility index (Phi) is 9.40. The van der Waals surface area contributed by atoms with Gasteiger partial charge in [-0.1, -0.05) is 5.92 Å². The Morgan fingerprint density at radius 3 is 1.94 bits per heavy atom. The summed E-state index contributed by atoms with van der Waals surface area (Å²) in [5, 5.41) is 0. The van der Waals surface area contributed by atoms with Crippen molar-refractivity contribution in [1.82, 2.24) is 0 Å². The fraction of sp³-hybridized carbons (Fsp3) is 0.357. The van der Waals surface area contributed by atoms with Gasteiger partial charge in [-0.25, -0.2) is 0 Å². The molecule has 0 saturated heterocycles. The monoisotopic (exact) mass is 454 g/mol. The molecule has 1 aromatic carbocycles. The van der Waals surface area contributed by atoms with Crippen LogP contribution in [-0.4, -0.2) is 11.6 Å². The van der Waals surface area contributed by atoms with Crippen molar-refractivity contribution in [2.45, 2.75) is 25.7 Å². The predicted molar refractivity (Wildman–Crippen MR) is 62.6 cm³/mol. The van der Waals surface area contributed by atoms with Crippen molar-refractivity contribution >= 4 is 11.6 Å². The first-order valence-electron chi connectivity index (χ1n) is 5.46. The van der Waals surface area contributed by atoms with Gasteiger partial charge in [0, 0.05) is 12.8 Å². The van der Waals surface area contributed by atoms with Gasteiger partial charge in [0.2, 0.25) is 0 Å². The minimum atomic E-state index is 0. The minimum absolute atomic E-state index is 0. The van der Waals surface area contributed by atoms with E-state index in [1.807, 2.05) is 30.3 Å². The Morgan fingerprint density at radius 2 is 1.65 bits per heavy atom. The molecule has 17 heavy (non-hydrogen) atoms. The molecule has 1 aliphatic rings. The summed E-state index contributed by atoms with van der Waals surface area (Å²) in [5.74, 6) is 0.406. The van der Waals surface area contributed by atoms with Gasteiger partial charge in [0.05, 0.1) is 6.42 Å². The van der Waals surface area contributed by atoms with Gasteiger partial charge in [0.1, 0.15) is 11.6 Å². The van der Waals surface area contributed by atoms with Crippen LogP contribution in [0.3, 0.4) is 0 Å². The second kappa shape index (κ2) is 9.62. The summed E-state index contributed by atoms with van der Waals surface area (Å²) in [7, 11) is 0. The third-order valence-corrected chi connectivity index (χ3v) is 2.44. The molecule has 0 spiro atoms. The third kappa shape index (κ3) is 7.52. The first-order valence-corrected chi connectivity index (χ1v) is 5.46. The number of carbonyl (C=O) groups is 2. The number of benzene rings is 1. The van der Waals surface area contributed by atoms with Gasteiger partial charge >= 0.3 is 31.1 Å². The van der Waals surface area contributed by atoms with Gasteiger partial charge in [0.25, 0.3) is 0 Å². The van der Waals surface area contributed by atoms with Gasteiger partial charge in [-0.15, -0.1) is 0 Å². The SMILES string of the molecule is [CH2-]CC1CC(=O)CC(=O)C1.[U+2].[c-]1ccccc1. The first-order chi connectivity index (χ1) is 7.72. The van der Waals surface area contributed by atoms with Crippen LogP contribution in [0.5, 0.6) is 0 Å². The van der Waals surface area contributed by atoms with E-state index < -0.39 is 0 Å².